The highest BCUT2D eigenvalue weighted by atomic mass is 16.5. The summed E-state index contributed by atoms with van der Waals surface area (Å²) in [6.07, 6.45) is 5.03. The summed E-state index contributed by atoms with van der Waals surface area (Å²) in [6, 6.07) is 13.5. The summed E-state index contributed by atoms with van der Waals surface area (Å²) in [5.41, 5.74) is 4.11. The molecule has 4 rings (SSSR count). The third-order valence-electron chi connectivity index (χ3n) is 5.74. The van der Waals surface area contributed by atoms with E-state index >= 15 is 0 Å². The van der Waals surface area contributed by atoms with Gasteiger partial charge in [0.05, 0.1) is 7.11 Å². The minimum Gasteiger partial charge on any atom is -0.497 e. The molecule has 1 amide bonds. The van der Waals surface area contributed by atoms with Gasteiger partial charge < -0.3 is 10.1 Å². The highest BCUT2D eigenvalue weighted by molar-refractivity contribution is 5.75. The largest absolute Gasteiger partial charge is 0.497 e. The molecular weight excluding hydrogens is 418 g/mol. The highest BCUT2D eigenvalue weighted by Gasteiger charge is 2.12. The number of hydrogen-bond donors (Lipinski definition) is 1. The van der Waals surface area contributed by atoms with Crippen LogP contribution in [-0.2, 0) is 17.8 Å². The number of amides is 1. The van der Waals surface area contributed by atoms with Crippen molar-refractivity contribution in [2.24, 2.45) is 0 Å². The number of hydrogen-bond acceptors (Lipinski definition) is 5. The Labute approximate surface area is 191 Å². The summed E-state index contributed by atoms with van der Waals surface area (Å²) in [7, 11) is 1.62. The molecule has 0 atom stereocenters. The van der Waals surface area contributed by atoms with E-state index in [2.05, 4.69) is 15.5 Å². The summed E-state index contributed by atoms with van der Waals surface area (Å²) >= 11 is 0. The number of methoxy groups -OCH3 is 1. The molecule has 0 aliphatic carbocycles. The monoisotopic (exact) mass is 445 g/mol. The quantitative estimate of drug-likeness (QED) is 0.450. The fourth-order valence-electron chi connectivity index (χ4n) is 3.66. The second kappa shape index (κ2) is 9.68. The molecule has 4 aromatic rings. The average Bonchev–Trinajstić information content (AvgIpc) is 3.24. The molecule has 0 radical (unpaired) electrons. The SMILES string of the molecule is COc1cccc(CNC(=O)CCCc2nnc3c(=O)n(-c4ccc(C)c(C)c4)ccn23)c1. The molecule has 8 nitrogen and oxygen atoms in total. The van der Waals surface area contributed by atoms with E-state index in [9.17, 15) is 9.59 Å². The van der Waals surface area contributed by atoms with Crippen LogP contribution in [0.5, 0.6) is 5.75 Å². The Morgan fingerprint density at radius 2 is 1.91 bits per heavy atom. The lowest BCUT2D eigenvalue weighted by molar-refractivity contribution is -0.121. The van der Waals surface area contributed by atoms with Crippen molar-refractivity contribution in [1.29, 1.82) is 0 Å². The lowest BCUT2D eigenvalue weighted by Gasteiger charge is -2.09. The van der Waals surface area contributed by atoms with Gasteiger partial charge in [-0.1, -0.05) is 18.2 Å². The zero-order valence-electron chi connectivity index (χ0n) is 19.0. The highest BCUT2D eigenvalue weighted by Crippen LogP contribution is 2.14. The standard InChI is InChI=1S/C25H27N5O3/c1-17-10-11-20(14-18(17)2)29-12-13-30-22(27-28-24(30)25(29)32)8-5-9-23(31)26-16-19-6-4-7-21(15-19)33-3/h4,6-7,10-15H,5,8-9,16H2,1-3H3,(H,26,31). The first-order chi connectivity index (χ1) is 16.0. The van der Waals surface area contributed by atoms with E-state index in [0.717, 1.165) is 22.6 Å². The molecule has 0 fully saturated rings. The third kappa shape index (κ3) is 4.95. The lowest BCUT2D eigenvalue weighted by atomic mass is 10.1. The van der Waals surface area contributed by atoms with E-state index < -0.39 is 0 Å². The van der Waals surface area contributed by atoms with Gasteiger partial charge in [-0.05, 0) is 61.2 Å². The Morgan fingerprint density at radius 3 is 2.70 bits per heavy atom. The minimum absolute atomic E-state index is 0.0382. The van der Waals surface area contributed by atoms with Gasteiger partial charge in [0.2, 0.25) is 11.6 Å². The van der Waals surface area contributed by atoms with Gasteiger partial charge >= 0.3 is 5.56 Å². The number of nitrogens with zero attached hydrogens (tertiary/aromatic N) is 4. The second-order valence-corrected chi connectivity index (χ2v) is 8.03. The molecule has 0 saturated heterocycles. The fraction of sp³-hybridized carbons (Fsp3) is 0.280. The molecule has 0 aliphatic rings. The van der Waals surface area contributed by atoms with Gasteiger partial charge in [-0.25, -0.2) is 0 Å². The van der Waals surface area contributed by atoms with Crippen molar-refractivity contribution in [1.82, 2.24) is 24.5 Å². The van der Waals surface area contributed by atoms with Crippen LogP contribution in [0.25, 0.3) is 11.3 Å². The van der Waals surface area contributed by atoms with E-state index in [1.54, 1.807) is 28.5 Å². The van der Waals surface area contributed by atoms with Crippen LogP contribution >= 0.6 is 0 Å². The molecule has 0 unspecified atom stereocenters. The van der Waals surface area contributed by atoms with Gasteiger partial charge in [0.25, 0.3) is 0 Å². The van der Waals surface area contributed by atoms with Crippen LogP contribution in [0, 0.1) is 13.8 Å². The number of ether oxygens (including phenoxy) is 1. The zero-order chi connectivity index (χ0) is 23.4. The maximum absolute atomic E-state index is 13.0. The maximum atomic E-state index is 13.0. The van der Waals surface area contributed by atoms with Crippen LogP contribution in [0.3, 0.4) is 0 Å². The van der Waals surface area contributed by atoms with Gasteiger partial charge in [-0.2, -0.15) is 0 Å². The third-order valence-corrected chi connectivity index (χ3v) is 5.74. The second-order valence-electron chi connectivity index (χ2n) is 8.03. The molecule has 0 spiro atoms. The summed E-state index contributed by atoms with van der Waals surface area (Å²) < 4.78 is 8.48. The summed E-state index contributed by atoms with van der Waals surface area (Å²) in [5.74, 6) is 1.38. The molecule has 170 valence electrons. The molecule has 2 heterocycles. The van der Waals surface area contributed by atoms with Crippen LogP contribution in [0.4, 0.5) is 0 Å². The molecule has 33 heavy (non-hydrogen) atoms. The van der Waals surface area contributed by atoms with E-state index in [1.807, 2.05) is 56.3 Å². The molecule has 0 bridgehead atoms. The fourth-order valence-corrected chi connectivity index (χ4v) is 3.66. The van der Waals surface area contributed by atoms with Gasteiger partial charge in [0, 0.05) is 37.5 Å². The molecule has 8 heteroatoms. The van der Waals surface area contributed by atoms with E-state index in [-0.39, 0.29) is 17.1 Å². The van der Waals surface area contributed by atoms with Crippen molar-refractivity contribution in [3.63, 3.8) is 0 Å². The number of benzene rings is 2. The topological polar surface area (TPSA) is 90.5 Å². The predicted molar refractivity (Wildman–Crippen MR) is 126 cm³/mol. The first-order valence-electron chi connectivity index (χ1n) is 10.9. The number of carbonyl (C=O) groups excluding carboxylic acids is 1. The van der Waals surface area contributed by atoms with Gasteiger partial charge in [0.15, 0.2) is 0 Å². The van der Waals surface area contributed by atoms with Gasteiger partial charge in [-0.15, -0.1) is 10.2 Å². The maximum Gasteiger partial charge on any atom is 0.300 e. The van der Waals surface area contributed by atoms with E-state index in [0.29, 0.717) is 31.6 Å². The summed E-state index contributed by atoms with van der Waals surface area (Å²) in [4.78, 5) is 25.2. The normalized spacial score (nSPS) is 11.0. The number of nitrogens with one attached hydrogen (secondary N) is 1. The Hall–Kier alpha value is -3.94. The van der Waals surface area contributed by atoms with Crippen molar-refractivity contribution in [2.75, 3.05) is 7.11 Å². The van der Waals surface area contributed by atoms with Gasteiger partial charge in [0.1, 0.15) is 11.6 Å². The van der Waals surface area contributed by atoms with Crippen LogP contribution in [-0.4, -0.2) is 32.2 Å². The molecule has 2 aromatic heterocycles. The Kier molecular flexibility index (Phi) is 6.53. The average molecular weight is 446 g/mol. The van der Waals surface area contributed by atoms with Crippen LogP contribution in [0.2, 0.25) is 0 Å². The van der Waals surface area contributed by atoms with Crippen molar-refractivity contribution in [3.8, 4) is 11.4 Å². The predicted octanol–water partition coefficient (Wildman–Crippen LogP) is 3.14. The Bertz CT molecular complexity index is 1360. The first-order valence-corrected chi connectivity index (χ1v) is 10.9. The van der Waals surface area contributed by atoms with Crippen LogP contribution in [0.1, 0.15) is 35.4 Å². The number of aryl methyl sites for hydroxylation is 3. The number of rotatable bonds is 8. The Balaban J connectivity index is 1.38. The smallest absolute Gasteiger partial charge is 0.300 e. The van der Waals surface area contributed by atoms with Gasteiger partial charge in [-0.3, -0.25) is 18.6 Å². The molecule has 0 saturated carbocycles. The zero-order valence-corrected chi connectivity index (χ0v) is 19.0. The minimum atomic E-state index is -0.226. The van der Waals surface area contributed by atoms with Crippen molar-refractivity contribution >= 4 is 11.6 Å². The number of carbonyl (C=O) groups is 1. The molecule has 2 aromatic carbocycles. The Morgan fingerprint density at radius 1 is 1.06 bits per heavy atom. The summed E-state index contributed by atoms with van der Waals surface area (Å²) in [5, 5.41) is 11.2. The van der Waals surface area contributed by atoms with Crippen molar-refractivity contribution < 1.29 is 9.53 Å². The molecule has 0 aliphatic heterocycles. The lowest BCUT2D eigenvalue weighted by Crippen LogP contribution is -2.22. The molecular formula is C25H27N5O3. The van der Waals surface area contributed by atoms with Crippen LogP contribution in [0.15, 0.2) is 59.7 Å². The number of fused-ring (bicyclic) bond motifs is 1. The number of aromatic nitrogens is 4. The van der Waals surface area contributed by atoms with E-state index in [1.165, 1.54) is 5.56 Å². The van der Waals surface area contributed by atoms with Crippen molar-refractivity contribution in [3.05, 3.63) is 87.7 Å². The van der Waals surface area contributed by atoms with Crippen molar-refractivity contribution in [2.45, 2.75) is 39.7 Å². The summed E-state index contributed by atoms with van der Waals surface area (Å²) in [6.45, 7) is 4.50. The van der Waals surface area contributed by atoms with E-state index in [4.69, 9.17) is 4.74 Å². The first kappa shape index (κ1) is 22.3. The van der Waals surface area contributed by atoms with Crippen LogP contribution < -0.4 is 15.6 Å². The molecule has 1 N–H and O–H groups in total.